The molecule has 4 rings (SSSR count). The molecule has 0 bridgehead atoms. The van der Waals surface area contributed by atoms with Crippen molar-refractivity contribution in [1.82, 2.24) is 24.8 Å². The average Bonchev–Trinajstić information content (AvgIpc) is 3.56. The number of ketones is 1. The number of carbonyl (C=O) groups is 1. The van der Waals surface area contributed by atoms with Gasteiger partial charge in [-0.15, -0.1) is 11.3 Å². The van der Waals surface area contributed by atoms with E-state index in [1.807, 2.05) is 63.4 Å². The van der Waals surface area contributed by atoms with E-state index in [2.05, 4.69) is 25.2 Å². The van der Waals surface area contributed by atoms with Gasteiger partial charge in [-0.05, 0) is 63.3 Å². The van der Waals surface area contributed by atoms with Crippen LogP contribution in [0.4, 0.5) is 17.0 Å². The van der Waals surface area contributed by atoms with Crippen LogP contribution >= 0.6 is 23.1 Å². The van der Waals surface area contributed by atoms with Gasteiger partial charge in [0.05, 0.1) is 0 Å². The first-order chi connectivity index (χ1) is 15.9. The van der Waals surface area contributed by atoms with E-state index in [1.165, 1.54) is 11.8 Å². The minimum atomic E-state index is 0.291. The Kier molecular flexibility index (Phi) is 7.56. The van der Waals surface area contributed by atoms with Crippen molar-refractivity contribution in [3.8, 4) is 0 Å². The number of rotatable bonds is 11. The molecule has 2 heterocycles. The van der Waals surface area contributed by atoms with Gasteiger partial charge in [0.15, 0.2) is 10.3 Å². The van der Waals surface area contributed by atoms with E-state index in [1.54, 1.807) is 11.3 Å². The van der Waals surface area contributed by atoms with Gasteiger partial charge in [-0.2, -0.15) is 15.0 Å². The molecule has 1 saturated carbocycles. The summed E-state index contributed by atoms with van der Waals surface area (Å²) in [6.45, 7) is 3.70. The maximum absolute atomic E-state index is 12.1. The lowest BCUT2D eigenvalue weighted by atomic mass is 10.1. The predicted molar refractivity (Wildman–Crippen MR) is 134 cm³/mol. The van der Waals surface area contributed by atoms with Crippen molar-refractivity contribution in [2.75, 3.05) is 44.4 Å². The lowest BCUT2D eigenvalue weighted by Crippen LogP contribution is -2.30. The molecule has 1 N–H and O–H groups in total. The maximum atomic E-state index is 12.1. The van der Waals surface area contributed by atoms with Crippen LogP contribution in [0.1, 0.15) is 23.3 Å². The van der Waals surface area contributed by atoms with Crippen molar-refractivity contribution in [3.05, 3.63) is 40.9 Å². The van der Waals surface area contributed by atoms with E-state index in [4.69, 9.17) is 4.98 Å². The number of benzene rings is 1. The van der Waals surface area contributed by atoms with Gasteiger partial charge in [0.25, 0.3) is 0 Å². The molecule has 1 fully saturated rings. The Morgan fingerprint density at radius 2 is 1.88 bits per heavy atom. The van der Waals surface area contributed by atoms with E-state index < -0.39 is 0 Å². The zero-order chi connectivity index (χ0) is 23.4. The fourth-order valence-electron chi connectivity index (χ4n) is 3.11. The molecule has 0 unspecified atom stereocenters. The van der Waals surface area contributed by atoms with Crippen molar-refractivity contribution in [2.45, 2.75) is 36.2 Å². The van der Waals surface area contributed by atoms with Crippen molar-refractivity contribution in [2.24, 2.45) is 5.92 Å². The minimum Gasteiger partial charge on any atom is -0.342 e. The Morgan fingerprint density at radius 3 is 2.52 bits per heavy atom. The number of likely N-dealkylation sites (N-methyl/N-ethyl adjacent to an activating group) is 2. The number of Topliss-reactive ketones (excluding diaryl/α,β-unsaturated/α-hetero) is 1. The molecule has 1 aliphatic rings. The number of aryl methyl sites for hydroxylation is 1. The van der Waals surface area contributed by atoms with Gasteiger partial charge in [0.1, 0.15) is 5.78 Å². The number of hydrogen-bond acceptors (Lipinski definition) is 10. The fraction of sp³-hybridized carbons (Fsp3) is 0.435. The summed E-state index contributed by atoms with van der Waals surface area (Å²) in [4.78, 5) is 36.7. The van der Waals surface area contributed by atoms with Crippen LogP contribution in [0.5, 0.6) is 0 Å². The number of hydrogen-bond donors (Lipinski definition) is 1. The fourth-order valence-corrected chi connectivity index (χ4v) is 4.51. The predicted octanol–water partition coefficient (Wildman–Crippen LogP) is 4.05. The standard InChI is InChI=1S/C23H29N7OS2/c1-15-14-24-22(32-15)26-20-25-21(30(4)12-11-29(2)3)28-23(27-20)33-18-9-5-16(6-10-18)13-19(31)17-7-8-17/h5-6,9-10,14,17H,7-8,11-13H2,1-4H3,(H,24,25,26,27,28). The minimum absolute atomic E-state index is 0.291. The summed E-state index contributed by atoms with van der Waals surface area (Å²) in [6, 6.07) is 8.09. The molecule has 1 aliphatic carbocycles. The van der Waals surface area contributed by atoms with E-state index in [9.17, 15) is 4.79 Å². The first kappa shape index (κ1) is 23.6. The molecule has 0 aliphatic heterocycles. The Bertz CT molecular complexity index is 1100. The highest BCUT2D eigenvalue weighted by Gasteiger charge is 2.29. The number of carbonyl (C=O) groups excluding carboxylic acids is 1. The lowest BCUT2D eigenvalue weighted by Gasteiger charge is -2.20. The Morgan fingerprint density at radius 1 is 1.12 bits per heavy atom. The third kappa shape index (κ3) is 6.96. The summed E-state index contributed by atoms with van der Waals surface area (Å²) in [5, 5.41) is 4.57. The molecule has 8 nitrogen and oxygen atoms in total. The molecule has 33 heavy (non-hydrogen) atoms. The van der Waals surface area contributed by atoms with Crippen molar-refractivity contribution >= 4 is 45.9 Å². The van der Waals surface area contributed by atoms with Crippen LogP contribution in [0.2, 0.25) is 0 Å². The first-order valence-electron chi connectivity index (χ1n) is 11.0. The smallest absolute Gasteiger partial charge is 0.234 e. The molecule has 3 aromatic rings. The first-order valence-corrected chi connectivity index (χ1v) is 12.6. The summed E-state index contributed by atoms with van der Waals surface area (Å²) in [5.41, 5.74) is 1.05. The van der Waals surface area contributed by atoms with Crippen molar-refractivity contribution in [1.29, 1.82) is 0 Å². The van der Waals surface area contributed by atoms with Crippen LogP contribution in [-0.2, 0) is 11.2 Å². The number of thiazole rings is 1. The maximum Gasteiger partial charge on any atom is 0.234 e. The Balaban J connectivity index is 1.51. The van der Waals surface area contributed by atoms with E-state index in [0.29, 0.717) is 35.2 Å². The van der Waals surface area contributed by atoms with Crippen LogP contribution < -0.4 is 10.2 Å². The molecule has 0 amide bonds. The molecule has 10 heteroatoms. The number of anilines is 3. The van der Waals surface area contributed by atoms with Gasteiger partial charge in [-0.1, -0.05) is 12.1 Å². The summed E-state index contributed by atoms with van der Waals surface area (Å²) < 4.78 is 0. The zero-order valence-electron chi connectivity index (χ0n) is 19.4. The Hall–Kier alpha value is -2.56. The quantitative estimate of drug-likeness (QED) is 0.434. The topological polar surface area (TPSA) is 87.1 Å². The number of aromatic nitrogens is 4. The van der Waals surface area contributed by atoms with Gasteiger partial charge in [0.2, 0.25) is 11.9 Å². The molecule has 0 atom stereocenters. The molecular formula is C23H29N7OS2. The molecular weight excluding hydrogens is 454 g/mol. The van der Waals surface area contributed by atoms with Crippen LogP contribution in [0.25, 0.3) is 0 Å². The molecule has 174 valence electrons. The highest BCUT2D eigenvalue weighted by molar-refractivity contribution is 7.99. The largest absolute Gasteiger partial charge is 0.342 e. The molecule has 1 aromatic carbocycles. The summed E-state index contributed by atoms with van der Waals surface area (Å²) in [7, 11) is 6.07. The van der Waals surface area contributed by atoms with Crippen molar-refractivity contribution < 1.29 is 4.79 Å². The van der Waals surface area contributed by atoms with Crippen LogP contribution in [-0.4, -0.2) is 64.9 Å². The van der Waals surface area contributed by atoms with Crippen molar-refractivity contribution in [3.63, 3.8) is 0 Å². The zero-order valence-corrected chi connectivity index (χ0v) is 21.0. The second-order valence-electron chi connectivity index (χ2n) is 8.53. The molecule has 0 spiro atoms. The second kappa shape index (κ2) is 10.6. The average molecular weight is 484 g/mol. The SMILES string of the molecule is Cc1cnc(Nc2nc(Sc3ccc(CC(=O)C4CC4)cc3)nc(N(C)CCN(C)C)n2)s1. The molecule has 0 radical (unpaired) electrons. The summed E-state index contributed by atoms with van der Waals surface area (Å²) in [5.74, 6) is 1.73. The third-order valence-electron chi connectivity index (χ3n) is 5.21. The van der Waals surface area contributed by atoms with Gasteiger partial charge in [0, 0.05) is 48.4 Å². The normalized spacial score (nSPS) is 13.4. The van der Waals surface area contributed by atoms with Gasteiger partial charge >= 0.3 is 0 Å². The van der Waals surface area contributed by atoms with Crippen LogP contribution in [0.3, 0.4) is 0 Å². The highest BCUT2D eigenvalue weighted by Crippen LogP contribution is 2.32. The summed E-state index contributed by atoms with van der Waals surface area (Å²) >= 11 is 3.03. The third-order valence-corrected chi connectivity index (χ3v) is 6.91. The van der Waals surface area contributed by atoms with Gasteiger partial charge < -0.3 is 9.80 Å². The van der Waals surface area contributed by atoms with E-state index >= 15 is 0 Å². The molecule has 2 aromatic heterocycles. The van der Waals surface area contributed by atoms with E-state index in [0.717, 1.165) is 46.4 Å². The highest BCUT2D eigenvalue weighted by atomic mass is 32.2. The van der Waals surface area contributed by atoms with Crippen LogP contribution in [0, 0.1) is 12.8 Å². The molecule has 0 saturated heterocycles. The van der Waals surface area contributed by atoms with Gasteiger partial charge in [-0.25, -0.2) is 4.98 Å². The van der Waals surface area contributed by atoms with Crippen LogP contribution in [0.15, 0.2) is 40.5 Å². The number of nitrogens with one attached hydrogen (secondary N) is 1. The lowest BCUT2D eigenvalue weighted by molar-refractivity contribution is -0.119. The number of nitrogens with zero attached hydrogens (tertiary/aromatic N) is 6. The van der Waals surface area contributed by atoms with Gasteiger partial charge in [-0.3, -0.25) is 10.1 Å². The van der Waals surface area contributed by atoms with E-state index in [-0.39, 0.29) is 0 Å². The Labute approximate surface area is 202 Å². The summed E-state index contributed by atoms with van der Waals surface area (Å²) in [6.07, 6.45) is 4.44. The second-order valence-corrected chi connectivity index (χ2v) is 10.8. The monoisotopic (exact) mass is 483 g/mol.